The number of hydrogen-bond acceptors (Lipinski definition) is 8. The van der Waals surface area contributed by atoms with E-state index in [2.05, 4.69) is 15.3 Å². The van der Waals surface area contributed by atoms with Crippen LogP contribution in [0.2, 0.25) is 0 Å². The maximum absolute atomic E-state index is 12.9. The number of carbonyl (C=O) groups excluding carboxylic acids is 1. The van der Waals surface area contributed by atoms with Crippen LogP contribution in [0.3, 0.4) is 0 Å². The zero-order valence-electron chi connectivity index (χ0n) is 19.3. The first kappa shape index (κ1) is 25.6. The molecule has 3 aromatic rings. The largest absolute Gasteiger partial charge is 0.382 e. The van der Waals surface area contributed by atoms with Crippen LogP contribution in [-0.4, -0.2) is 42.6 Å². The molecule has 1 amide bonds. The molecule has 0 saturated carbocycles. The van der Waals surface area contributed by atoms with Crippen LogP contribution in [0.15, 0.2) is 59.6 Å². The molecule has 9 nitrogen and oxygen atoms in total. The molecule has 0 aliphatic carbocycles. The van der Waals surface area contributed by atoms with Crippen molar-refractivity contribution in [2.45, 2.75) is 30.7 Å². The summed E-state index contributed by atoms with van der Waals surface area (Å²) in [6.45, 7) is 4.97. The number of aromatic nitrogens is 2. The summed E-state index contributed by atoms with van der Waals surface area (Å²) in [5.41, 5.74) is 8.53. The average Bonchev–Trinajstić information content (AvgIpc) is 2.84. The second kappa shape index (κ2) is 10.0. The molecule has 0 spiro atoms. The average molecular weight is 503 g/mol. The van der Waals surface area contributed by atoms with Crippen LogP contribution in [0, 0.1) is 6.92 Å². The van der Waals surface area contributed by atoms with Crippen molar-refractivity contribution in [3.8, 4) is 11.3 Å². The molecule has 1 heterocycles. The Morgan fingerprint density at radius 1 is 1.15 bits per heavy atom. The molecule has 0 bridgehead atoms. The summed E-state index contributed by atoms with van der Waals surface area (Å²) >= 11 is 0. The first-order valence-electron chi connectivity index (χ1n) is 10.5. The van der Waals surface area contributed by atoms with E-state index in [1.54, 1.807) is 6.92 Å². The highest BCUT2D eigenvalue weighted by atomic mass is 32.2. The normalized spacial score (nSPS) is 14.2. The van der Waals surface area contributed by atoms with E-state index in [-0.39, 0.29) is 22.6 Å². The third kappa shape index (κ3) is 5.19. The van der Waals surface area contributed by atoms with Gasteiger partial charge in [-0.15, -0.1) is 0 Å². The van der Waals surface area contributed by atoms with Crippen molar-refractivity contribution in [1.82, 2.24) is 9.97 Å². The second-order valence-corrected chi connectivity index (χ2v) is 13.5. The van der Waals surface area contributed by atoms with E-state index in [4.69, 9.17) is 10.3 Å². The number of nitrogen functional groups attached to an aromatic ring is 1. The number of sulfone groups is 1. The fourth-order valence-corrected chi connectivity index (χ4v) is 8.03. The highest BCUT2D eigenvalue weighted by molar-refractivity contribution is 7.99. The number of nitrogens with two attached hydrogens (primary N) is 1. The van der Waals surface area contributed by atoms with Gasteiger partial charge in [-0.25, -0.2) is 18.4 Å². The smallest absolute Gasteiger partial charge is 0.278 e. The fraction of sp³-hybridized carbons (Fsp3) is 0.261. The number of nitrogens with one attached hydrogen (secondary N) is 1. The molecule has 3 rings (SSSR count). The number of aryl methyl sites for hydroxylation is 1. The SMILES string of the molecule is CCP(=O)(OC)[C@@H](C)S(=O)(=O)c1ccc(NC(=O)c2nc(-c3ccc(C)cc3)cnc2N)cc1. The van der Waals surface area contributed by atoms with Crippen LogP contribution in [0.1, 0.15) is 29.9 Å². The van der Waals surface area contributed by atoms with Gasteiger partial charge in [-0.05, 0) is 38.1 Å². The minimum absolute atomic E-state index is 0.0237. The Morgan fingerprint density at radius 3 is 2.32 bits per heavy atom. The summed E-state index contributed by atoms with van der Waals surface area (Å²) in [7, 11) is -6.02. The molecule has 0 aliphatic rings. The van der Waals surface area contributed by atoms with E-state index in [0.29, 0.717) is 11.4 Å². The summed E-state index contributed by atoms with van der Waals surface area (Å²) in [6, 6.07) is 13.2. The van der Waals surface area contributed by atoms with Gasteiger partial charge in [0, 0.05) is 24.5 Å². The van der Waals surface area contributed by atoms with E-state index in [1.807, 2.05) is 31.2 Å². The third-order valence-electron chi connectivity index (χ3n) is 5.56. The minimum atomic E-state index is -3.91. The Bertz CT molecular complexity index is 1330. The van der Waals surface area contributed by atoms with Crippen LogP contribution in [-0.2, 0) is 18.9 Å². The van der Waals surface area contributed by atoms with Gasteiger partial charge in [0.05, 0.1) is 16.8 Å². The lowest BCUT2D eigenvalue weighted by Gasteiger charge is -2.22. The maximum Gasteiger partial charge on any atom is 0.278 e. The van der Waals surface area contributed by atoms with Gasteiger partial charge in [-0.3, -0.25) is 9.36 Å². The number of rotatable bonds is 8. The van der Waals surface area contributed by atoms with Gasteiger partial charge in [0.1, 0.15) is 4.99 Å². The highest BCUT2D eigenvalue weighted by Crippen LogP contribution is 2.53. The quantitative estimate of drug-likeness (QED) is 0.433. The van der Waals surface area contributed by atoms with Crippen LogP contribution in [0.25, 0.3) is 11.3 Å². The summed E-state index contributed by atoms with van der Waals surface area (Å²) in [4.78, 5) is 20.0. The van der Waals surface area contributed by atoms with E-state index in [9.17, 15) is 17.8 Å². The molecule has 0 fully saturated rings. The zero-order chi connectivity index (χ0) is 25.1. The first-order valence-corrected chi connectivity index (χ1v) is 13.9. The molecule has 34 heavy (non-hydrogen) atoms. The highest BCUT2D eigenvalue weighted by Gasteiger charge is 2.38. The Morgan fingerprint density at radius 2 is 1.76 bits per heavy atom. The molecule has 0 saturated heterocycles. The molecule has 0 aliphatic heterocycles. The first-order chi connectivity index (χ1) is 16.0. The monoisotopic (exact) mass is 502 g/mol. The summed E-state index contributed by atoms with van der Waals surface area (Å²) in [5.74, 6) is -0.617. The minimum Gasteiger partial charge on any atom is -0.382 e. The predicted molar refractivity (Wildman–Crippen MR) is 133 cm³/mol. The summed E-state index contributed by atoms with van der Waals surface area (Å²) < 4.78 is 43.6. The zero-order valence-corrected chi connectivity index (χ0v) is 21.1. The van der Waals surface area contributed by atoms with Crippen molar-refractivity contribution in [2.24, 2.45) is 0 Å². The third-order valence-corrected chi connectivity index (χ3v) is 11.8. The topological polar surface area (TPSA) is 141 Å². The van der Waals surface area contributed by atoms with Crippen molar-refractivity contribution in [3.63, 3.8) is 0 Å². The van der Waals surface area contributed by atoms with Gasteiger partial charge in [-0.2, -0.15) is 0 Å². The number of hydrogen-bond donors (Lipinski definition) is 2. The van der Waals surface area contributed by atoms with Crippen molar-refractivity contribution in [3.05, 3.63) is 66.0 Å². The fourth-order valence-electron chi connectivity index (χ4n) is 3.29. The second-order valence-electron chi connectivity index (χ2n) is 7.70. The molecule has 2 aromatic carbocycles. The summed E-state index contributed by atoms with van der Waals surface area (Å²) in [6.07, 6.45) is 1.59. The molecule has 0 radical (unpaired) electrons. The lowest BCUT2D eigenvalue weighted by Crippen LogP contribution is -2.20. The van der Waals surface area contributed by atoms with Gasteiger partial charge < -0.3 is 15.6 Å². The number of benzene rings is 2. The number of amides is 1. The van der Waals surface area contributed by atoms with Crippen molar-refractivity contribution in [1.29, 1.82) is 0 Å². The molecular weight excluding hydrogens is 475 g/mol. The molecule has 2 atom stereocenters. The molecule has 1 unspecified atom stereocenters. The molecule has 3 N–H and O–H groups in total. The van der Waals surface area contributed by atoms with Crippen molar-refractivity contribution < 1.29 is 22.3 Å². The van der Waals surface area contributed by atoms with Gasteiger partial charge >= 0.3 is 0 Å². The van der Waals surface area contributed by atoms with E-state index in [0.717, 1.165) is 11.1 Å². The standard InChI is InChI=1S/C23H27N4O5PS/c1-5-33(29,32-4)16(3)34(30,31)19-12-10-18(11-13-19)26-23(28)21-22(24)25-14-20(27-21)17-8-6-15(2)7-9-17/h6-14,16H,5H2,1-4H3,(H2,24,25)(H,26,28)/t16-,33?/m1/s1. The van der Waals surface area contributed by atoms with Crippen LogP contribution >= 0.6 is 7.37 Å². The van der Waals surface area contributed by atoms with E-state index < -0.39 is 28.1 Å². The van der Waals surface area contributed by atoms with Crippen molar-refractivity contribution >= 4 is 34.6 Å². The predicted octanol–water partition coefficient (Wildman–Crippen LogP) is 4.35. The van der Waals surface area contributed by atoms with Gasteiger partial charge in [0.25, 0.3) is 5.91 Å². The molecule has 180 valence electrons. The van der Waals surface area contributed by atoms with Crippen LogP contribution in [0.5, 0.6) is 0 Å². The Kier molecular flexibility index (Phi) is 7.55. The number of carbonyl (C=O) groups is 1. The Labute approximate surface area is 199 Å². The maximum atomic E-state index is 12.9. The van der Waals surface area contributed by atoms with Gasteiger partial charge in [-0.1, -0.05) is 36.8 Å². The van der Waals surface area contributed by atoms with E-state index in [1.165, 1.54) is 44.5 Å². The van der Waals surface area contributed by atoms with Gasteiger partial charge in [0.2, 0.25) is 7.37 Å². The number of nitrogens with zero attached hydrogens (tertiary/aromatic N) is 2. The summed E-state index contributed by atoms with van der Waals surface area (Å²) in [5, 5.41) is 2.65. The Balaban J connectivity index is 1.82. The lowest BCUT2D eigenvalue weighted by atomic mass is 10.1. The molecular formula is C23H27N4O5PS. The molecule has 1 aromatic heterocycles. The van der Waals surface area contributed by atoms with Crippen molar-refractivity contribution in [2.75, 3.05) is 24.3 Å². The van der Waals surface area contributed by atoms with Crippen LogP contribution < -0.4 is 11.1 Å². The van der Waals surface area contributed by atoms with Gasteiger partial charge in [0.15, 0.2) is 21.3 Å². The van der Waals surface area contributed by atoms with Crippen LogP contribution in [0.4, 0.5) is 11.5 Å². The molecule has 11 heteroatoms. The van der Waals surface area contributed by atoms with E-state index >= 15 is 0 Å². The lowest BCUT2D eigenvalue weighted by molar-refractivity contribution is 0.102. The Hall–Kier alpha value is -3.07. The number of anilines is 2.